The van der Waals surface area contributed by atoms with Gasteiger partial charge < -0.3 is 5.73 Å². The zero-order valence-corrected chi connectivity index (χ0v) is 6.92. The van der Waals surface area contributed by atoms with Gasteiger partial charge in [-0.3, -0.25) is 0 Å². The average molecular weight is 201 g/mol. The Balaban J connectivity index is 2.94. The van der Waals surface area contributed by atoms with Crippen molar-refractivity contribution < 1.29 is 13.2 Å². The fourth-order valence-corrected chi connectivity index (χ4v) is 0.844. The first-order chi connectivity index (χ1) is 6.45. The monoisotopic (exact) mass is 201 g/mol. The summed E-state index contributed by atoms with van der Waals surface area (Å²) in [5.74, 6) is 0. The predicted molar refractivity (Wildman–Crippen MR) is 41.9 cm³/mol. The highest BCUT2D eigenvalue weighted by atomic mass is 19.4. The van der Waals surface area contributed by atoms with Crippen LogP contribution < -0.4 is 5.73 Å². The number of halogens is 3. The lowest BCUT2D eigenvalue weighted by Crippen LogP contribution is -2.28. The van der Waals surface area contributed by atoms with Crippen LogP contribution in [-0.4, -0.2) is 11.2 Å². The Morgan fingerprint density at radius 2 is 2.07 bits per heavy atom. The fourth-order valence-electron chi connectivity index (χ4n) is 0.844. The molecule has 1 atom stereocenters. The van der Waals surface area contributed by atoms with Crippen molar-refractivity contribution in [3.63, 3.8) is 0 Å². The van der Waals surface area contributed by atoms with Crippen molar-refractivity contribution in [3.8, 4) is 6.07 Å². The lowest BCUT2D eigenvalue weighted by molar-refractivity contribution is -0.149. The van der Waals surface area contributed by atoms with E-state index in [2.05, 4.69) is 4.98 Å². The first-order valence-electron chi connectivity index (χ1n) is 3.63. The highest BCUT2D eigenvalue weighted by Crippen LogP contribution is 2.29. The fraction of sp³-hybridized carbons (Fsp3) is 0.250. The molecule has 1 heterocycles. The number of nitrogens with zero attached hydrogens (tertiary/aromatic N) is 2. The molecular weight excluding hydrogens is 195 g/mol. The summed E-state index contributed by atoms with van der Waals surface area (Å²) in [5, 5.41) is 8.36. The normalized spacial score (nSPS) is 13.4. The van der Waals surface area contributed by atoms with Crippen LogP contribution in [-0.2, 0) is 0 Å². The topological polar surface area (TPSA) is 62.7 Å². The summed E-state index contributed by atoms with van der Waals surface area (Å²) in [6.45, 7) is 0. The van der Waals surface area contributed by atoms with Crippen molar-refractivity contribution in [2.24, 2.45) is 5.73 Å². The first-order valence-corrected chi connectivity index (χ1v) is 3.63. The van der Waals surface area contributed by atoms with E-state index < -0.39 is 12.2 Å². The predicted octanol–water partition coefficient (Wildman–Crippen LogP) is 1.52. The van der Waals surface area contributed by atoms with Crippen LogP contribution in [0.4, 0.5) is 13.2 Å². The van der Waals surface area contributed by atoms with Gasteiger partial charge in [0.1, 0.15) is 17.8 Å². The van der Waals surface area contributed by atoms with E-state index in [0.717, 1.165) is 12.3 Å². The lowest BCUT2D eigenvalue weighted by Gasteiger charge is -2.14. The molecule has 3 nitrogen and oxygen atoms in total. The minimum atomic E-state index is -4.49. The van der Waals surface area contributed by atoms with Crippen LogP contribution in [0.1, 0.15) is 17.3 Å². The molecule has 0 fully saturated rings. The highest BCUT2D eigenvalue weighted by molar-refractivity contribution is 5.25. The van der Waals surface area contributed by atoms with E-state index in [-0.39, 0.29) is 11.3 Å². The Morgan fingerprint density at radius 1 is 1.43 bits per heavy atom. The third-order valence-electron chi connectivity index (χ3n) is 1.61. The molecular formula is C8H6F3N3. The molecule has 6 heteroatoms. The maximum absolute atomic E-state index is 12.1. The van der Waals surface area contributed by atoms with Gasteiger partial charge in [0.15, 0.2) is 0 Å². The molecule has 0 saturated heterocycles. The molecule has 0 aliphatic rings. The molecule has 0 amide bonds. The van der Waals surface area contributed by atoms with E-state index >= 15 is 0 Å². The molecule has 0 spiro atoms. The van der Waals surface area contributed by atoms with Crippen molar-refractivity contribution in [1.82, 2.24) is 4.98 Å². The van der Waals surface area contributed by atoms with Crippen LogP contribution in [0.3, 0.4) is 0 Å². The number of rotatable bonds is 1. The first kappa shape index (κ1) is 10.5. The van der Waals surface area contributed by atoms with Gasteiger partial charge in [0.2, 0.25) is 0 Å². The number of hydrogen-bond donors (Lipinski definition) is 1. The number of hydrogen-bond acceptors (Lipinski definition) is 3. The molecule has 0 saturated carbocycles. The molecule has 1 rings (SSSR count). The zero-order chi connectivity index (χ0) is 10.8. The molecule has 0 aliphatic heterocycles. The minimum Gasteiger partial charge on any atom is -0.316 e. The van der Waals surface area contributed by atoms with Gasteiger partial charge in [-0.1, -0.05) is 6.07 Å². The number of aromatic nitrogens is 1. The molecule has 0 unspecified atom stereocenters. The number of nitriles is 1. The largest absolute Gasteiger partial charge is 0.407 e. The van der Waals surface area contributed by atoms with Crippen LogP contribution >= 0.6 is 0 Å². The average Bonchev–Trinajstić information content (AvgIpc) is 2.15. The minimum absolute atomic E-state index is 0.0584. The molecule has 0 bridgehead atoms. The van der Waals surface area contributed by atoms with Crippen molar-refractivity contribution >= 4 is 0 Å². The Kier molecular flexibility index (Phi) is 2.72. The molecule has 0 aliphatic carbocycles. The van der Waals surface area contributed by atoms with Crippen LogP contribution in [0, 0.1) is 11.3 Å². The Morgan fingerprint density at radius 3 is 2.43 bits per heavy atom. The van der Waals surface area contributed by atoms with E-state index in [1.807, 2.05) is 0 Å². The van der Waals surface area contributed by atoms with Gasteiger partial charge in [-0.05, 0) is 11.6 Å². The molecule has 0 aromatic carbocycles. The van der Waals surface area contributed by atoms with Crippen LogP contribution in [0.25, 0.3) is 0 Å². The maximum Gasteiger partial charge on any atom is 0.407 e. The van der Waals surface area contributed by atoms with Gasteiger partial charge in [0.05, 0.1) is 0 Å². The zero-order valence-electron chi connectivity index (χ0n) is 6.92. The maximum atomic E-state index is 12.1. The van der Waals surface area contributed by atoms with Gasteiger partial charge in [0.25, 0.3) is 0 Å². The standard InChI is InChI=1S/C8H6F3N3/c9-8(10,11)7(13)5-1-2-6(3-12)14-4-5/h1-2,4,7H,13H2/t7-/m0/s1. The Bertz CT molecular complexity index is 350. The smallest absolute Gasteiger partial charge is 0.316 e. The summed E-state index contributed by atoms with van der Waals surface area (Å²) in [5.41, 5.74) is 4.82. The van der Waals surface area contributed by atoms with Crippen molar-refractivity contribution in [3.05, 3.63) is 29.6 Å². The molecule has 2 N–H and O–H groups in total. The van der Waals surface area contributed by atoms with E-state index in [4.69, 9.17) is 11.0 Å². The second-order valence-corrected chi connectivity index (χ2v) is 2.61. The van der Waals surface area contributed by atoms with E-state index in [1.54, 1.807) is 6.07 Å². The number of pyridine rings is 1. The second kappa shape index (κ2) is 3.64. The van der Waals surface area contributed by atoms with Crippen LogP contribution in [0.5, 0.6) is 0 Å². The third-order valence-corrected chi connectivity index (χ3v) is 1.61. The summed E-state index contributed by atoms with van der Waals surface area (Å²) >= 11 is 0. The summed E-state index contributed by atoms with van der Waals surface area (Å²) in [4.78, 5) is 3.49. The van der Waals surface area contributed by atoms with E-state index in [0.29, 0.717) is 0 Å². The summed E-state index contributed by atoms with van der Waals surface area (Å²) < 4.78 is 36.3. The van der Waals surface area contributed by atoms with Gasteiger partial charge in [0, 0.05) is 6.20 Å². The third kappa shape index (κ3) is 2.20. The van der Waals surface area contributed by atoms with E-state index in [9.17, 15) is 13.2 Å². The molecule has 14 heavy (non-hydrogen) atoms. The van der Waals surface area contributed by atoms with Gasteiger partial charge in [-0.15, -0.1) is 0 Å². The number of nitrogens with two attached hydrogens (primary N) is 1. The summed E-state index contributed by atoms with van der Waals surface area (Å²) in [6, 6.07) is 1.98. The van der Waals surface area contributed by atoms with Crippen molar-refractivity contribution in [2.45, 2.75) is 12.2 Å². The molecule has 1 aromatic rings. The second-order valence-electron chi connectivity index (χ2n) is 2.61. The summed E-state index contributed by atoms with van der Waals surface area (Å²) in [7, 11) is 0. The van der Waals surface area contributed by atoms with Gasteiger partial charge in [-0.2, -0.15) is 18.4 Å². The van der Waals surface area contributed by atoms with E-state index in [1.165, 1.54) is 6.07 Å². The molecule has 1 aromatic heterocycles. The lowest BCUT2D eigenvalue weighted by atomic mass is 10.1. The highest BCUT2D eigenvalue weighted by Gasteiger charge is 2.37. The molecule has 74 valence electrons. The van der Waals surface area contributed by atoms with Crippen molar-refractivity contribution in [1.29, 1.82) is 5.26 Å². The number of alkyl halides is 3. The van der Waals surface area contributed by atoms with Gasteiger partial charge in [-0.25, -0.2) is 4.98 Å². The summed E-state index contributed by atoms with van der Waals surface area (Å²) in [6.07, 6.45) is -3.54. The molecule has 0 radical (unpaired) electrons. The van der Waals surface area contributed by atoms with Crippen molar-refractivity contribution in [2.75, 3.05) is 0 Å². The quantitative estimate of drug-likeness (QED) is 0.749. The van der Waals surface area contributed by atoms with Crippen LogP contribution in [0.15, 0.2) is 18.3 Å². The Labute approximate surface area is 78.0 Å². The van der Waals surface area contributed by atoms with Crippen LogP contribution in [0.2, 0.25) is 0 Å². The SMILES string of the molecule is N#Cc1ccc([C@H](N)C(F)(F)F)cn1. The Hall–Kier alpha value is -1.61. The van der Waals surface area contributed by atoms with Gasteiger partial charge >= 0.3 is 6.18 Å².